The fraction of sp³-hybridized carbons (Fsp3) is 0.462. The molecule has 1 aromatic rings. The van der Waals surface area contributed by atoms with E-state index in [1.54, 1.807) is 36.2 Å². The monoisotopic (exact) mass is 249 g/mol. The van der Waals surface area contributed by atoms with Crippen LogP contribution < -0.4 is 11.3 Å². The van der Waals surface area contributed by atoms with E-state index in [0.29, 0.717) is 18.0 Å². The Bertz CT molecular complexity index is 413. The van der Waals surface area contributed by atoms with Gasteiger partial charge in [-0.2, -0.15) is 0 Å². The van der Waals surface area contributed by atoms with E-state index in [-0.39, 0.29) is 12.0 Å². The smallest absolute Gasteiger partial charge is 0.253 e. The SMILES string of the molecule is CN(CC1CC(O)C1)C(=O)c1ccc(NN)cc1. The Morgan fingerprint density at radius 1 is 1.44 bits per heavy atom. The topological polar surface area (TPSA) is 78.6 Å². The lowest BCUT2D eigenvalue weighted by Crippen LogP contribution is -2.39. The highest BCUT2D eigenvalue weighted by Gasteiger charge is 2.29. The molecule has 1 aromatic carbocycles. The lowest BCUT2D eigenvalue weighted by atomic mass is 9.82. The first-order valence-electron chi connectivity index (χ1n) is 6.10. The molecule has 1 saturated carbocycles. The summed E-state index contributed by atoms with van der Waals surface area (Å²) in [4.78, 5) is 13.8. The number of carbonyl (C=O) groups is 1. The number of hydrazine groups is 1. The van der Waals surface area contributed by atoms with Gasteiger partial charge in [-0.15, -0.1) is 0 Å². The van der Waals surface area contributed by atoms with Gasteiger partial charge in [-0.05, 0) is 43.0 Å². The Balaban J connectivity index is 1.92. The van der Waals surface area contributed by atoms with E-state index in [1.165, 1.54) is 0 Å². The number of hydrogen-bond acceptors (Lipinski definition) is 4. The summed E-state index contributed by atoms with van der Waals surface area (Å²) in [6, 6.07) is 7.05. The van der Waals surface area contributed by atoms with Crippen molar-refractivity contribution < 1.29 is 9.90 Å². The molecule has 1 aliphatic carbocycles. The van der Waals surface area contributed by atoms with Crippen LogP contribution in [-0.2, 0) is 0 Å². The van der Waals surface area contributed by atoms with Crippen molar-refractivity contribution in [1.29, 1.82) is 0 Å². The van der Waals surface area contributed by atoms with Crippen molar-refractivity contribution in [2.45, 2.75) is 18.9 Å². The molecule has 5 nitrogen and oxygen atoms in total. The molecule has 2 rings (SSSR count). The summed E-state index contributed by atoms with van der Waals surface area (Å²) in [7, 11) is 1.79. The van der Waals surface area contributed by atoms with Crippen LogP contribution in [-0.4, -0.2) is 35.6 Å². The normalized spacial score (nSPS) is 22.2. The maximum Gasteiger partial charge on any atom is 0.253 e. The van der Waals surface area contributed by atoms with E-state index in [9.17, 15) is 9.90 Å². The number of aliphatic hydroxyl groups is 1. The van der Waals surface area contributed by atoms with Crippen molar-refractivity contribution in [2.24, 2.45) is 11.8 Å². The molecule has 4 N–H and O–H groups in total. The lowest BCUT2D eigenvalue weighted by molar-refractivity contribution is 0.0265. The number of rotatable bonds is 4. The van der Waals surface area contributed by atoms with E-state index in [4.69, 9.17) is 5.84 Å². The Labute approximate surface area is 107 Å². The Kier molecular flexibility index (Phi) is 3.84. The third-order valence-electron chi connectivity index (χ3n) is 3.39. The van der Waals surface area contributed by atoms with E-state index in [2.05, 4.69) is 5.43 Å². The average molecular weight is 249 g/mol. The van der Waals surface area contributed by atoms with Crippen molar-refractivity contribution in [1.82, 2.24) is 4.90 Å². The minimum Gasteiger partial charge on any atom is -0.393 e. The molecular weight excluding hydrogens is 230 g/mol. The molecule has 1 amide bonds. The molecule has 0 atom stereocenters. The molecule has 98 valence electrons. The number of aliphatic hydroxyl groups excluding tert-OH is 1. The zero-order valence-electron chi connectivity index (χ0n) is 10.5. The van der Waals surface area contributed by atoms with Crippen LogP contribution in [0.25, 0.3) is 0 Å². The summed E-state index contributed by atoms with van der Waals surface area (Å²) in [5, 5.41) is 9.22. The van der Waals surface area contributed by atoms with E-state index in [0.717, 1.165) is 18.5 Å². The highest BCUT2D eigenvalue weighted by Crippen LogP contribution is 2.27. The van der Waals surface area contributed by atoms with Crippen LogP contribution >= 0.6 is 0 Å². The molecule has 0 heterocycles. The van der Waals surface area contributed by atoms with Gasteiger partial charge >= 0.3 is 0 Å². The fourth-order valence-corrected chi connectivity index (χ4v) is 2.25. The molecule has 1 aliphatic rings. The van der Waals surface area contributed by atoms with Crippen LogP contribution in [0.15, 0.2) is 24.3 Å². The third-order valence-corrected chi connectivity index (χ3v) is 3.39. The zero-order valence-corrected chi connectivity index (χ0v) is 10.5. The molecule has 0 aromatic heterocycles. The van der Waals surface area contributed by atoms with E-state index in [1.807, 2.05) is 0 Å². The molecule has 5 heteroatoms. The number of nitrogens with zero attached hydrogens (tertiary/aromatic N) is 1. The first-order valence-corrected chi connectivity index (χ1v) is 6.10. The van der Waals surface area contributed by atoms with Gasteiger partial charge in [-0.25, -0.2) is 0 Å². The Hall–Kier alpha value is -1.59. The average Bonchev–Trinajstić information content (AvgIpc) is 2.36. The van der Waals surface area contributed by atoms with Crippen molar-refractivity contribution in [3.63, 3.8) is 0 Å². The van der Waals surface area contributed by atoms with Gasteiger partial charge in [-0.1, -0.05) is 0 Å². The molecular formula is C13H19N3O2. The van der Waals surface area contributed by atoms with Crippen LogP contribution in [0.1, 0.15) is 23.2 Å². The quantitative estimate of drug-likeness (QED) is 0.545. The minimum atomic E-state index is -0.173. The Morgan fingerprint density at radius 3 is 2.56 bits per heavy atom. The molecule has 0 aliphatic heterocycles. The number of amides is 1. The van der Waals surface area contributed by atoms with Gasteiger partial charge in [0.1, 0.15) is 0 Å². The molecule has 0 radical (unpaired) electrons. The van der Waals surface area contributed by atoms with Gasteiger partial charge in [0.25, 0.3) is 5.91 Å². The summed E-state index contributed by atoms with van der Waals surface area (Å²) in [5.41, 5.74) is 3.95. The molecule has 0 bridgehead atoms. The number of hydrogen-bond donors (Lipinski definition) is 3. The van der Waals surface area contributed by atoms with Gasteiger partial charge < -0.3 is 15.4 Å². The number of anilines is 1. The highest BCUT2D eigenvalue weighted by atomic mass is 16.3. The van der Waals surface area contributed by atoms with Crippen molar-refractivity contribution in [3.05, 3.63) is 29.8 Å². The number of nitrogens with two attached hydrogens (primary N) is 1. The van der Waals surface area contributed by atoms with Crippen LogP contribution in [0.4, 0.5) is 5.69 Å². The number of carbonyl (C=O) groups excluding carboxylic acids is 1. The van der Waals surface area contributed by atoms with Gasteiger partial charge in [0.15, 0.2) is 0 Å². The van der Waals surface area contributed by atoms with Gasteiger partial charge in [-0.3, -0.25) is 10.6 Å². The summed E-state index contributed by atoms with van der Waals surface area (Å²) in [5.74, 6) is 5.70. The maximum absolute atomic E-state index is 12.1. The van der Waals surface area contributed by atoms with Crippen LogP contribution in [0.3, 0.4) is 0 Å². The summed E-state index contributed by atoms with van der Waals surface area (Å²) < 4.78 is 0. The number of nitrogen functional groups attached to an aromatic ring is 1. The fourth-order valence-electron chi connectivity index (χ4n) is 2.25. The largest absolute Gasteiger partial charge is 0.393 e. The lowest BCUT2D eigenvalue weighted by Gasteiger charge is -2.34. The zero-order chi connectivity index (χ0) is 13.1. The standard InChI is InChI=1S/C13H19N3O2/c1-16(8-9-6-12(17)7-9)13(18)10-2-4-11(15-14)5-3-10/h2-5,9,12,15,17H,6-8,14H2,1H3. The van der Waals surface area contributed by atoms with Gasteiger partial charge in [0.2, 0.25) is 0 Å². The molecule has 0 spiro atoms. The summed E-state index contributed by atoms with van der Waals surface area (Å²) in [6.07, 6.45) is 1.43. The van der Waals surface area contributed by atoms with E-state index < -0.39 is 0 Å². The van der Waals surface area contributed by atoms with Crippen LogP contribution in [0.2, 0.25) is 0 Å². The van der Waals surface area contributed by atoms with Crippen molar-refractivity contribution in [2.75, 3.05) is 19.0 Å². The second kappa shape index (κ2) is 5.37. The minimum absolute atomic E-state index is 0.0000359. The second-order valence-electron chi connectivity index (χ2n) is 4.90. The van der Waals surface area contributed by atoms with Gasteiger partial charge in [0, 0.05) is 24.8 Å². The first-order chi connectivity index (χ1) is 8.60. The summed E-state index contributed by atoms with van der Waals surface area (Å²) in [6.45, 7) is 0.701. The predicted molar refractivity (Wildman–Crippen MR) is 69.9 cm³/mol. The van der Waals surface area contributed by atoms with Crippen molar-refractivity contribution in [3.8, 4) is 0 Å². The second-order valence-corrected chi connectivity index (χ2v) is 4.90. The van der Waals surface area contributed by atoms with E-state index >= 15 is 0 Å². The number of benzene rings is 1. The van der Waals surface area contributed by atoms with Crippen LogP contribution in [0.5, 0.6) is 0 Å². The third kappa shape index (κ3) is 2.80. The Morgan fingerprint density at radius 2 is 2.06 bits per heavy atom. The molecule has 0 unspecified atom stereocenters. The highest BCUT2D eigenvalue weighted by molar-refractivity contribution is 5.94. The first kappa shape index (κ1) is 12.9. The van der Waals surface area contributed by atoms with Crippen LogP contribution in [0, 0.1) is 5.92 Å². The van der Waals surface area contributed by atoms with Gasteiger partial charge in [0.05, 0.1) is 6.10 Å². The maximum atomic E-state index is 12.1. The summed E-state index contributed by atoms with van der Waals surface area (Å²) >= 11 is 0. The van der Waals surface area contributed by atoms with Crippen molar-refractivity contribution >= 4 is 11.6 Å². The molecule has 0 saturated heterocycles. The predicted octanol–water partition coefficient (Wildman–Crippen LogP) is 0.815. The molecule has 1 fully saturated rings. The molecule has 18 heavy (non-hydrogen) atoms. The number of nitrogens with one attached hydrogen (secondary N) is 1.